The summed E-state index contributed by atoms with van der Waals surface area (Å²) in [6, 6.07) is 0. The summed E-state index contributed by atoms with van der Waals surface area (Å²) in [5.41, 5.74) is 0. The Morgan fingerprint density at radius 3 is 2.82 bits per heavy atom. The van der Waals surface area contributed by atoms with E-state index in [4.69, 9.17) is 4.52 Å². The first-order valence-electron chi connectivity index (χ1n) is 6.31. The van der Waals surface area contributed by atoms with Crippen LogP contribution in [0.25, 0.3) is 0 Å². The van der Waals surface area contributed by atoms with Crippen LogP contribution in [0.4, 0.5) is 0 Å². The van der Waals surface area contributed by atoms with Crippen molar-refractivity contribution >= 4 is 0 Å². The number of aromatic nitrogens is 2. The molecule has 0 bridgehead atoms. The average molecular weight is 239 g/mol. The van der Waals surface area contributed by atoms with E-state index in [-0.39, 0.29) is 6.10 Å². The highest BCUT2D eigenvalue weighted by Crippen LogP contribution is 2.25. The predicted molar refractivity (Wildman–Crippen MR) is 63.3 cm³/mol. The molecule has 1 heterocycles. The maximum Gasteiger partial charge on any atom is 0.223 e. The van der Waals surface area contributed by atoms with Crippen LogP contribution in [0, 0.1) is 12.8 Å². The van der Waals surface area contributed by atoms with Crippen molar-refractivity contribution in [2.45, 2.75) is 45.3 Å². The Kier molecular flexibility index (Phi) is 4.12. The van der Waals surface area contributed by atoms with Crippen LogP contribution in [0.15, 0.2) is 4.52 Å². The number of rotatable bonds is 4. The van der Waals surface area contributed by atoms with Crippen molar-refractivity contribution in [3.05, 3.63) is 11.7 Å². The first-order chi connectivity index (χ1) is 8.15. The molecule has 1 aromatic heterocycles. The van der Waals surface area contributed by atoms with Crippen LogP contribution in [-0.2, 0) is 6.54 Å². The molecule has 0 spiro atoms. The van der Waals surface area contributed by atoms with Crippen LogP contribution in [-0.4, -0.2) is 39.8 Å². The molecule has 1 saturated carbocycles. The van der Waals surface area contributed by atoms with E-state index in [9.17, 15) is 5.11 Å². The molecule has 1 fully saturated rings. The van der Waals surface area contributed by atoms with E-state index in [1.165, 1.54) is 6.42 Å². The van der Waals surface area contributed by atoms with E-state index in [0.717, 1.165) is 31.6 Å². The molecule has 0 aliphatic heterocycles. The van der Waals surface area contributed by atoms with Gasteiger partial charge in [0, 0.05) is 13.5 Å². The van der Waals surface area contributed by atoms with Gasteiger partial charge in [0.2, 0.25) is 5.89 Å². The highest BCUT2D eigenvalue weighted by molar-refractivity contribution is 4.84. The number of aryl methyl sites for hydroxylation is 1. The highest BCUT2D eigenvalue weighted by atomic mass is 16.5. The lowest BCUT2D eigenvalue weighted by molar-refractivity contribution is 0.0496. The fourth-order valence-electron chi connectivity index (χ4n) is 2.51. The second kappa shape index (κ2) is 5.60. The Labute approximate surface area is 102 Å². The summed E-state index contributed by atoms with van der Waals surface area (Å²) >= 11 is 0. The average Bonchev–Trinajstić information content (AvgIpc) is 2.67. The van der Waals surface area contributed by atoms with Gasteiger partial charge in [-0.25, -0.2) is 0 Å². The molecule has 0 radical (unpaired) electrons. The molecule has 2 rings (SSSR count). The molecule has 5 heteroatoms. The normalized spacial score (nSPS) is 25.4. The summed E-state index contributed by atoms with van der Waals surface area (Å²) < 4.78 is 4.94. The van der Waals surface area contributed by atoms with Crippen LogP contribution >= 0.6 is 0 Å². The molecule has 2 atom stereocenters. The third-order valence-corrected chi connectivity index (χ3v) is 3.40. The van der Waals surface area contributed by atoms with E-state index in [2.05, 4.69) is 15.0 Å². The summed E-state index contributed by atoms with van der Waals surface area (Å²) in [6.07, 6.45) is 4.32. The van der Waals surface area contributed by atoms with Gasteiger partial charge in [-0.1, -0.05) is 18.0 Å². The maximum absolute atomic E-state index is 9.91. The number of nitrogens with zero attached hydrogens (tertiary/aromatic N) is 3. The van der Waals surface area contributed by atoms with Gasteiger partial charge in [0.05, 0.1) is 12.6 Å². The number of hydrogen-bond acceptors (Lipinski definition) is 5. The van der Waals surface area contributed by atoms with Crippen molar-refractivity contribution < 1.29 is 9.63 Å². The van der Waals surface area contributed by atoms with E-state index in [1.54, 1.807) is 6.92 Å². The van der Waals surface area contributed by atoms with Crippen molar-refractivity contribution in [2.75, 3.05) is 13.6 Å². The Hall–Kier alpha value is -0.940. The van der Waals surface area contributed by atoms with Crippen molar-refractivity contribution in [3.8, 4) is 0 Å². The minimum absolute atomic E-state index is 0.141. The number of aliphatic hydroxyl groups excluding tert-OH is 1. The van der Waals surface area contributed by atoms with Crippen LogP contribution < -0.4 is 0 Å². The van der Waals surface area contributed by atoms with Gasteiger partial charge >= 0.3 is 0 Å². The summed E-state index contributed by atoms with van der Waals surface area (Å²) in [5, 5.41) is 13.8. The summed E-state index contributed by atoms with van der Waals surface area (Å²) in [5.74, 6) is 1.71. The zero-order chi connectivity index (χ0) is 12.3. The predicted octanol–water partition coefficient (Wildman–Crippen LogP) is 1.36. The third kappa shape index (κ3) is 3.51. The largest absolute Gasteiger partial charge is 0.393 e. The lowest BCUT2D eigenvalue weighted by atomic mass is 9.86. The van der Waals surface area contributed by atoms with Gasteiger partial charge in [0.25, 0.3) is 0 Å². The minimum Gasteiger partial charge on any atom is -0.393 e. The van der Waals surface area contributed by atoms with Gasteiger partial charge in [-0.05, 0) is 25.8 Å². The molecule has 1 aromatic rings. The Balaban J connectivity index is 1.82. The summed E-state index contributed by atoms with van der Waals surface area (Å²) in [7, 11) is 2.03. The van der Waals surface area contributed by atoms with E-state index >= 15 is 0 Å². The number of hydrogen-bond donors (Lipinski definition) is 1. The van der Waals surface area contributed by atoms with Crippen molar-refractivity contribution in [3.63, 3.8) is 0 Å². The van der Waals surface area contributed by atoms with Crippen LogP contribution in [0.1, 0.15) is 37.4 Å². The van der Waals surface area contributed by atoms with Crippen molar-refractivity contribution in [2.24, 2.45) is 5.92 Å². The number of aliphatic hydroxyl groups is 1. The molecule has 1 aliphatic rings. The monoisotopic (exact) mass is 239 g/mol. The quantitative estimate of drug-likeness (QED) is 0.859. The Morgan fingerprint density at radius 1 is 1.41 bits per heavy atom. The molecular formula is C12H21N3O2. The van der Waals surface area contributed by atoms with Gasteiger partial charge in [-0.15, -0.1) is 0 Å². The van der Waals surface area contributed by atoms with Gasteiger partial charge in [-0.3, -0.25) is 4.90 Å². The van der Waals surface area contributed by atoms with Gasteiger partial charge < -0.3 is 9.63 Å². The lowest BCUT2D eigenvalue weighted by Gasteiger charge is -2.30. The van der Waals surface area contributed by atoms with Crippen LogP contribution in [0.3, 0.4) is 0 Å². The van der Waals surface area contributed by atoms with E-state index < -0.39 is 0 Å². The van der Waals surface area contributed by atoms with Gasteiger partial charge in [-0.2, -0.15) is 4.98 Å². The van der Waals surface area contributed by atoms with Crippen LogP contribution in [0.5, 0.6) is 0 Å². The molecular weight excluding hydrogens is 218 g/mol. The van der Waals surface area contributed by atoms with E-state index in [1.807, 2.05) is 7.05 Å². The topological polar surface area (TPSA) is 62.4 Å². The van der Waals surface area contributed by atoms with Crippen LogP contribution in [0.2, 0.25) is 0 Å². The minimum atomic E-state index is -0.141. The maximum atomic E-state index is 9.91. The molecule has 5 nitrogen and oxygen atoms in total. The highest BCUT2D eigenvalue weighted by Gasteiger charge is 2.24. The molecule has 1 aliphatic carbocycles. The zero-order valence-electron chi connectivity index (χ0n) is 10.6. The lowest BCUT2D eigenvalue weighted by Crippen LogP contribution is -2.34. The zero-order valence-corrected chi connectivity index (χ0v) is 10.6. The molecule has 0 amide bonds. The molecule has 2 unspecified atom stereocenters. The van der Waals surface area contributed by atoms with E-state index in [0.29, 0.717) is 18.4 Å². The SMILES string of the molecule is Cc1nc(CN(C)CC2CCCCC2O)no1. The molecule has 96 valence electrons. The first kappa shape index (κ1) is 12.5. The van der Waals surface area contributed by atoms with Gasteiger partial charge in [0.15, 0.2) is 5.82 Å². The Bertz CT molecular complexity index is 353. The van der Waals surface area contributed by atoms with Gasteiger partial charge in [0.1, 0.15) is 0 Å². The molecule has 1 N–H and O–H groups in total. The van der Waals surface area contributed by atoms with Crippen molar-refractivity contribution in [1.82, 2.24) is 15.0 Å². The third-order valence-electron chi connectivity index (χ3n) is 3.40. The van der Waals surface area contributed by atoms with Crippen molar-refractivity contribution in [1.29, 1.82) is 0 Å². The first-order valence-corrected chi connectivity index (χ1v) is 6.31. The molecule has 17 heavy (non-hydrogen) atoms. The molecule has 0 aromatic carbocycles. The Morgan fingerprint density at radius 2 is 2.18 bits per heavy atom. The summed E-state index contributed by atoms with van der Waals surface area (Å²) in [6.45, 7) is 3.37. The second-order valence-electron chi connectivity index (χ2n) is 5.04. The molecule has 0 saturated heterocycles. The smallest absolute Gasteiger partial charge is 0.223 e. The second-order valence-corrected chi connectivity index (χ2v) is 5.04. The fraction of sp³-hybridized carbons (Fsp3) is 0.833. The summed E-state index contributed by atoms with van der Waals surface area (Å²) in [4.78, 5) is 6.34. The standard InChI is InChI=1S/C12H21N3O2/c1-9-13-12(14-17-9)8-15(2)7-10-5-3-4-6-11(10)16/h10-11,16H,3-8H2,1-2H3. The fourth-order valence-corrected chi connectivity index (χ4v) is 2.51.